The summed E-state index contributed by atoms with van der Waals surface area (Å²) in [4.78, 5) is 0. The molecular formula is C9H18N4. The average Bonchev–Trinajstić information content (AvgIpc) is 2.50. The lowest BCUT2D eigenvalue weighted by Crippen LogP contribution is -2.14. The third-order valence-corrected chi connectivity index (χ3v) is 2.09. The Bertz CT molecular complexity index is 254. The van der Waals surface area contributed by atoms with Crippen LogP contribution in [0.2, 0.25) is 0 Å². The zero-order valence-electron chi connectivity index (χ0n) is 8.38. The van der Waals surface area contributed by atoms with Gasteiger partial charge in [-0.25, -0.2) is 0 Å². The van der Waals surface area contributed by atoms with Gasteiger partial charge in [0, 0.05) is 13.1 Å². The summed E-state index contributed by atoms with van der Waals surface area (Å²) in [5.41, 5.74) is 8.04. The minimum Gasteiger partial charge on any atom is -0.330 e. The van der Waals surface area contributed by atoms with E-state index in [0.29, 0.717) is 6.54 Å². The van der Waals surface area contributed by atoms with Crippen LogP contribution in [0.3, 0.4) is 0 Å². The predicted octanol–water partition coefficient (Wildman–Crippen LogP) is 0.124. The molecule has 13 heavy (non-hydrogen) atoms. The summed E-state index contributed by atoms with van der Waals surface area (Å²) < 4.78 is 2.02. The molecule has 0 saturated heterocycles. The van der Waals surface area contributed by atoms with Gasteiger partial charge < -0.3 is 11.1 Å². The lowest BCUT2D eigenvalue weighted by Gasteiger charge is -2.06. The number of nitrogens with zero attached hydrogens (tertiary/aromatic N) is 2. The Balaban J connectivity index is 2.85. The van der Waals surface area contributed by atoms with Gasteiger partial charge in [-0.3, -0.25) is 4.68 Å². The highest BCUT2D eigenvalue weighted by molar-refractivity contribution is 5.18. The van der Waals surface area contributed by atoms with Crippen molar-refractivity contribution in [2.75, 3.05) is 13.6 Å². The smallest absolute Gasteiger partial charge is 0.0554 e. The normalized spacial score (nSPS) is 10.7. The van der Waals surface area contributed by atoms with E-state index in [9.17, 15) is 0 Å². The highest BCUT2D eigenvalue weighted by Gasteiger charge is 2.07. The second kappa shape index (κ2) is 4.99. The predicted molar refractivity (Wildman–Crippen MR) is 53.4 cm³/mol. The molecule has 1 aromatic heterocycles. The number of aryl methyl sites for hydroxylation is 1. The molecular weight excluding hydrogens is 164 g/mol. The second-order valence-corrected chi connectivity index (χ2v) is 3.00. The van der Waals surface area contributed by atoms with Crippen LogP contribution in [0.4, 0.5) is 0 Å². The maximum Gasteiger partial charge on any atom is 0.0554 e. The van der Waals surface area contributed by atoms with Gasteiger partial charge in [0.2, 0.25) is 0 Å². The molecule has 0 aliphatic carbocycles. The van der Waals surface area contributed by atoms with E-state index in [0.717, 1.165) is 19.5 Å². The van der Waals surface area contributed by atoms with E-state index in [-0.39, 0.29) is 0 Å². The van der Waals surface area contributed by atoms with Crippen molar-refractivity contribution in [2.45, 2.75) is 26.4 Å². The van der Waals surface area contributed by atoms with Crippen LogP contribution >= 0.6 is 0 Å². The molecule has 0 saturated carbocycles. The fourth-order valence-corrected chi connectivity index (χ4v) is 1.46. The fraction of sp³-hybridized carbons (Fsp3) is 0.667. The summed E-state index contributed by atoms with van der Waals surface area (Å²) in [6.07, 6.45) is 2.83. The number of rotatable bonds is 5. The van der Waals surface area contributed by atoms with Crippen LogP contribution in [0.25, 0.3) is 0 Å². The Kier molecular flexibility index (Phi) is 3.92. The number of nitrogens with two attached hydrogens (primary N) is 1. The third kappa shape index (κ3) is 2.29. The highest BCUT2D eigenvalue weighted by Crippen LogP contribution is 2.08. The van der Waals surface area contributed by atoms with Gasteiger partial charge in [0.25, 0.3) is 0 Å². The lowest BCUT2D eigenvalue weighted by atomic mass is 10.2. The van der Waals surface area contributed by atoms with Crippen LogP contribution in [0.15, 0.2) is 6.20 Å². The zero-order valence-corrected chi connectivity index (χ0v) is 8.38. The molecule has 0 unspecified atom stereocenters. The minimum absolute atomic E-state index is 0.687. The first kappa shape index (κ1) is 10.2. The average molecular weight is 182 g/mol. The van der Waals surface area contributed by atoms with E-state index >= 15 is 0 Å². The van der Waals surface area contributed by atoms with E-state index in [4.69, 9.17) is 5.73 Å². The molecule has 1 aromatic rings. The molecule has 74 valence electrons. The van der Waals surface area contributed by atoms with Gasteiger partial charge in [-0.15, -0.1) is 0 Å². The van der Waals surface area contributed by atoms with E-state index in [1.54, 1.807) is 0 Å². The van der Waals surface area contributed by atoms with Gasteiger partial charge in [0.05, 0.1) is 11.9 Å². The summed E-state index contributed by atoms with van der Waals surface area (Å²) in [5, 5.41) is 7.43. The molecule has 0 aliphatic heterocycles. The Hall–Kier alpha value is -0.870. The fourth-order valence-electron chi connectivity index (χ4n) is 1.46. The summed E-state index contributed by atoms with van der Waals surface area (Å²) in [6.45, 7) is 4.56. The van der Waals surface area contributed by atoms with E-state index in [2.05, 4.69) is 17.3 Å². The van der Waals surface area contributed by atoms with Crippen LogP contribution in [0.5, 0.6) is 0 Å². The van der Waals surface area contributed by atoms with Crippen molar-refractivity contribution in [2.24, 2.45) is 5.73 Å². The molecule has 0 spiro atoms. The summed E-state index contributed by atoms with van der Waals surface area (Å²) in [5.74, 6) is 0. The van der Waals surface area contributed by atoms with Gasteiger partial charge >= 0.3 is 0 Å². The van der Waals surface area contributed by atoms with Gasteiger partial charge in [-0.05, 0) is 32.5 Å². The molecule has 1 rings (SSSR count). The number of hydrogen-bond acceptors (Lipinski definition) is 3. The van der Waals surface area contributed by atoms with E-state index in [1.165, 1.54) is 11.3 Å². The first-order valence-electron chi connectivity index (χ1n) is 4.71. The first-order valence-corrected chi connectivity index (χ1v) is 4.71. The van der Waals surface area contributed by atoms with Crippen molar-refractivity contribution in [3.8, 4) is 0 Å². The molecule has 0 radical (unpaired) electrons. The van der Waals surface area contributed by atoms with Crippen LogP contribution in [0, 0.1) is 0 Å². The van der Waals surface area contributed by atoms with Gasteiger partial charge in [-0.1, -0.05) is 0 Å². The van der Waals surface area contributed by atoms with Crippen molar-refractivity contribution < 1.29 is 0 Å². The number of nitrogens with one attached hydrogen (secondary N) is 1. The van der Waals surface area contributed by atoms with Crippen molar-refractivity contribution >= 4 is 0 Å². The monoisotopic (exact) mass is 182 g/mol. The topological polar surface area (TPSA) is 55.9 Å². The maximum atomic E-state index is 5.52. The van der Waals surface area contributed by atoms with Crippen LogP contribution in [-0.2, 0) is 19.5 Å². The molecule has 4 heteroatoms. The van der Waals surface area contributed by atoms with Gasteiger partial charge in [0.1, 0.15) is 0 Å². The summed E-state index contributed by atoms with van der Waals surface area (Å²) in [7, 11) is 1.94. The van der Waals surface area contributed by atoms with Crippen LogP contribution in [0.1, 0.15) is 18.2 Å². The van der Waals surface area contributed by atoms with Crippen LogP contribution < -0.4 is 11.1 Å². The second-order valence-electron chi connectivity index (χ2n) is 3.00. The largest absolute Gasteiger partial charge is 0.330 e. The highest BCUT2D eigenvalue weighted by atomic mass is 15.3. The molecule has 0 atom stereocenters. The Morgan fingerprint density at radius 2 is 2.38 bits per heavy atom. The summed E-state index contributed by atoms with van der Waals surface area (Å²) in [6, 6.07) is 0. The van der Waals surface area contributed by atoms with E-state index in [1.807, 2.05) is 17.9 Å². The van der Waals surface area contributed by atoms with E-state index < -0.39 is 0 Å². The first-order chi connectivity index (χ1) is 6.33. The molecule has 0 aliphatic rings. The van der Waals surface area contributed by atoms with Gasteiger partial charge in [-0.2, -0.15) is 5.10 Å². The zero-order chi connectivity index (χ0) is 9.68. The van der Waals surface area contributed by atoms with Crippen LogP contribution in [-0.4, -0.2) is 23.4 Å². The van der Waals surface area contributed by atoms with Crippen molar-refractivity contribution in [1.29, 1.82) is 0 Å². The van der Waals surface area contributed by atoms with Crippen molar-refractivity contribution in [3.05, 3.63) is 17.5 Å². The molecule has 0 amide bonds. The van der Waals surface area contributed by atoms with Crippen molar-refractivity contribution in [1.82, 2.24) is 15.1 Å². The Labute approximate surface area is 79.1 Å². The number of aromatic nitrogens is 2. The summed E-state index contributed by atoms with van der Waals surface area (Å²) >= 11 is 0. The SMILES string of the molecule is CCn1ncc(CCN)c1CNC. The quantitative estimate of drug-likeness (QED) is 0.680. The molecule has 0 bridgehead atoms. The Morgan fingerprint density at radius 1 is 1.62 bits per heavy atom. The molecule has 0 aromatic carbocycles. The maximum absolute atomic E-state index is 5.52. The van der Waals surface area contributed by atoms with Crippen molar-refractivity contribution in [3.63, 3.8) is 0 Å². The molecule has 3 N–H and O–H groups in total. The standard InChI is InChI=1S/C9H18N4/c1-3-13-9(7-11-2)8(4-5-10)6-12-13/h6,11H,3-5,7,10H2,1-2H3. The lowest BCUT2D eigenvalue weighted by molar-refractivity contribution is 0.600. The third-order valence-electron chi connectivity index (χ3n) is 2.09. The molecule has 0 fully saturated rings. The van der Waals surface area contributed by atoms with Gasteiger partial charge in [0.15, 0.2) is 0 Å². The Morgan fingerprint density at radius 3 is 2.92 bits per heavy atom. The minimum atomic E-state index is 0.687. The number of hydrogen-bond donors (Lipinski definition) is 2. The molecule has 4 nitrogen and oxygen atoms in total. The molecule has 1 heterocycles.